The Morgan fingerprint density at radius 3 is 2.65 bits per heavy atom. The second kappa shape index (κ2) is 5.68. The van der Waals surface area contributed by atoms with Gasteiger partial charge in [0, 0.05) is 6.04 Å². The van der Waals surface area contributed by atoms with E-state index >= 15 is 0 Å². The van der Waals surface area contributed by atoms with Gasteiger partial charge in [0.1, 0.15) is 0 Å². The van der Waals surface area contributed by atoms with E-state index in [0.717, 1.165) is 12.6 Å². The third-order valence-electron chi connectivity index (χ3n) is 4.13. The Bertz CT molecular complexity index is 329. The standard InChI is InChI=1S/C16H25N/c1-16(2)12-6-11-15(16)17-13-7-10-14-8-4-3-5-9-14/h3-5,8-9,15,17H,6-7,10-13H2,1-2H3. The Labute approximate surface area is 106 Å². The van der Waals surface area contributed by atoms with Crippen LogP contribution in [0, 0.1) is 5.41 Å². The zero-order valence-corrected chi connectivity index (χ0v) is 11.2. The molecule has 0 radical (unpaired) electrons. The van der Waals surface area contributed by atoms with Crippen molar-refractivity contribution in [2.24, 2.45) is 5.41 Å². The Morgan fingerprint density at radius 2 is 2.00 bits per heavy atom. The molecule has 0 amide bonds. The van der Waals surface area contributed by atoms with Gasteiger partial charge in [-0.1, -0.05) is 50.6 Å². The molecule has 1 N–H and O–H groups in total. The summed E-state index contributed by atoms with van der Waals surface area (Å²) < 4.78 is 0. The van der Waals surface area contributed by atoms with Gasteiger partial charge >= 0.3 is 0 Å². The van der Waals surface area contributed by atoms with Crippen LogP contribution in [0.2, 0.25) is 0 Å². The van der Waals surface area contributed by atoms with Crippen molar-refractivity contribution in [2.75, 3.05) is 6.54 Å². The second-order valence-electron chi connectivity index (χ2n) is 5.98. The van der Waals surface area contributed by atoms with Crippen LogP contribution in [0.5, 0.6) is 0 Å². The van der Waals surface area contributed by atoms with Crippen molar-refractivity contribution in [3.8, 4) is 0 Å². The van der Waals surface area contributed by atoms with E-state index in [1.54, 1.807) is 0 Å². The fourth-order valence-electron chi connectivity index (χ4n) is 2.92. The average Bonchev–Trinajstić information content (AvgIpc) is 2.66. The quantitative estimate of drug-likeness (QED) is 0.760. The van der Waals surface area contributed by atoms with Gasteiger partial charge in [-0.3, -0.25) is 0 Å². The number of benzene rings is 1. The van der Waals surface area contributed by atoms with Gasteiger partial charge in [0.25, 0.3) is 0 Å². The first-order valence-corrected chi connectivity index (χ1v) is 6.96. The van der Waals surface area contributed by atoms with Crippen LogP contribution in [0.15, 0.2) is 30.3 Å². The summed E-state index contributed by atoms with van der Waals surface area (Å²) in [6, 6.07) is 11.5. The van der Waals surface area contributed by atoms with Gasteiger partial charge in [-0.25, -0.2) is 0 Å². The van der Waals surface area contributed by atoms with Gasteiger partial charge in [-0.05, 0) is 43.2 Å². The zero-order valence-electron chi connectivity index (χ0n) is 11.2. The normalized spacial score (nSPS) is 22.8. The van der Waals surface area contributed by atoms with Crippen molar-refractivity contribution in [1.29, 1.82) is 0 Å². The highest BCUT2D eigenvalue weighted by Crippen LogP contribution is 2.37. The van der Waals surface area contributed by atoms with Crippen molar-refractivity contribution in [3.63, 3.8) is 0 Å². The van der Waals surface area contributed by atoms with Gasteiger partial charge in [-0.2, -0.15) is 0 Å². The van der Waals surface area contributed by atoms with E-state index in [2.05, 4.69) is 49.5 Å². The highest BCUT2D eigenvalue weighted by Gasteiger charge is 2.33. The van der Waals surface area contributed by atoms with E-state index in [1.807, 2.05) is 0 Å². The zero-order chi connectivity index (χ0) is 12.1. The van der Waals surface area contributed by atoms with Crippen LogP contribution < -0.4 is 5.32 Å². The lowest BCUT2D eigenvalue weighted by Gasteiger charge is -2.28. The van der Waals surface area contributed by atoms with E-state index in [0.29, 0.717) is 5.41 Å². The van der Waals surface area contributed by atoms with Crippen molar-refractivity contribution in [3.05, 3.63) is 35.9 Å². The molecule has 1 unspecified atom stereocenters. The minimum absolute atomic E-state index is 0.507. The molecule has 0 aliphatic heterocycles. The van der Waals surface area contributed by atoms with E-state index in [4.69, 9.17) is 0 Å². The monoisotopic (exact) mass is 231 g/mol. The highest BCUT2D eigenvalue weighted by atomic mass is 14.9. The number of rotatable bonds is 5. The molecule has 1 nitrogen and oxygen atoms in total. The molecule has 1 aromatic rings. The van der Waals surface area contributed by atoms with Crippen LogP contribution in [0.25, 0.3) is 0 Å². The lowest BCUT2D eigenvalue weighted by atomic mass is 9.87. The summed E-state index contributed by atoms with van der Waals surface area (Å²) in [4.78, 5) is 0. The minimum Gasteiger partial charge on any atom is -0.313 e. The third-order valence-corrected chi connectivity index (χ3v) is 4.13. The summed E-state index contributed by atoms with van der Waals surface area (Å²) in [6.45, 7) is 5.95. The Morgan fingerprint density at radius 1 is 1.24 bits per heavy atom. The topological polar surface area (TPSA) is 12.0 Å². The first-order valence-electron chi connectivity index (χ1n) is 6.96. The summed E-state index contributed by atoms with van der Waals surface area (Å²) in [7, 11) is 0. The largest absolute Gasteiger partial charge is 0.313 e. The predicted molar refractivity (Wildman–Crippen MR) is 74.2 cm³/mol. The molecule has 1 aromatic carbocycles. The Hall–Kier alpha value is -0.820. The molecular weight excluding hydrogens is 206 g/mol. The molecule has 0 aromatic heterocycles. The Balaban J connectivity index is 1.67. The van der Waals surface area contributed by atoms with Gasteiger partial charge < -0.3 is 5.32 Å². The summed E-state index contributed by atoms with van der Waals surface area (Å²) >= 11 is 0. The van der Waals surface area contributed by atoms with Gasteiger partial charge in [0.05, 0.1) is 0 Å². The van der Waals surface area contributed by atoms with Crippen LogP contribution >= 0.6 is 0 Å². The summed E-state index contributed by atoms with van der Waals surface area (Å²) in [6.07, 6.45) is 6.57. The number of hydrogen-bond donors (Lipinski definition) is 1. The van der Waals surface area contributed by atoms with Crippen LogP contribution in [-0.4, -0.2) is 12.6 Å². The fraction of sp³-hybridized carbons (Fsp3) is 0.625. The van der Waals surface area contributed by atoms with Gasteiger partial charge in [0.2, 0.25) is 0 Å². The molecule has 0 bridgehead atoms. The number of aryl methyl sites for hydroxylation is 1. The smallest absolute Gasteiger partial charge is 0.0118 e. The maximum atomic E-state index is 3.74. The number of hydrogen-bond acceptors (Lipinski definition) is 1. The molecule has 0 heterocycles. The molecule has 1 saturated carbocycles. The lowest BCUT2D eigenvalue weighted by Crippen LogP contribution is -2.38. The molecule has 1 fully saturated rings. The predicted octanol–water partition coefficient (Wildman–Crippen LogP) is 3.79. The first-order chi connectivity index (χ1) is 8.18. The molecule has 1 heteroatoms. The lowest BCUT2D eigenvalue weighted by molar-refractivity contribution is 0.283. The maximum Gasteiger partial charge on any atom is 0.0118 e. The van der Waals surface area contributed by atoms with E-state index in [9.17, 15) is 0 Å². The van der Waals surface area contributed by atoms with Crippen molar-refractivity contribution in [1.82, 2.24) is 5.32 Å². The molecule has 2 rings (SSSR count). The number of nitrogens with one attached hydrogen (secondary N) is 1. The van der Waals surface area contributed by atoms with Crippen LogP contribution in [-0.2, 0) is 6.42 Å². The van der Waals surface area contributed by atoms with Crippen molar-refractivity contribution >= 4 is 0 Å². The molecule has 1 atom stereocenters. The Kier molecular flexibility index (Phi) is 4.22. The van der Waals surface area contributed by atoms with E-state index in [-0.39, 0.29) is 0 Å². The molecular formula is C16H25N. The minimum atomic E-state index is 0.507. The molecule has 1 aliphatic rings. The maximum absolute atomic E-state index is 3.74. The molecule has 1 aliphatic carbocycles. The second-order valence-corrected chi connectivity index (χ2v) is 5.98. The summed E-state index contributed by atoms with van der Waals surface area (Å²) in [5, 5.41) is 3.74. The molecule has 0 spiro atoms. The molecule has 17 heavy (non-hydrogen) atoms. The highest BCUT2D eigenvalue weighted by molar-refractivity contribution is 5.14. The third kappa shape index (κ3) is 3.57. The first kappa shape index (κ1) is 12.6. The average molecular weight is 231 g/mol. The molecule has 94 valence electrons. The van der Waals surface area contributed by atoms with Crippen molar-refractivity contribution < 1.29 is 0 Å². The van der Waals surface area contributed by atoms with E-state index in [1.165, 1.54) is 37.7 Å². The summed E-state index contributed by atoms with van der Waals surface area (Å²) in [5.41, 5.74) is 1.97. The van der Waals surface area contributed by atoms with Crippen LogP contribution in [0.3, 0.4) is 0 Å². The SMILES string of the molecule is CC1(C)CCCC1NCCCc1ccccc1. The van der Waals surface area contributed by atoms with Gasteiger partial charge in [-0.15, -0.1) is 0 Å². The van der Waals surface area contributed by atoms with Crippen molar-refractivity contribution in [2.45, 2.75) is 52.0 Å². The summed E-state index contributed by atoms with van der Waals surface area (Å²) in [5.74, 6) is 0. The fourth-order valence-corrected chi connectivity index (χ4v) is 2.92. The van der Waals surface area contributed by atoms with Crippen LogP contribution in [0.1, 0.15) is 45.1 Å². The van der Waals surface area contributed by atoms with E-state index < -0.39 is 0 Å². The van der Waals surface area contributed by atoms with Gasteiger partial charge in [0.15, 0.2) is 0 Å². The van der Waals surface area contributed by atoms with Crippen LogP contribution in [0.4, 0.5) is 0 Å². The molecule has 0 saturated heterocycles.